The molecule has 27 heavy (non-hydrogen) atoms. The third-order valence-electron chi connectivity index (χ3n) is 4.55. The highest BCUT2D eigenvalue weighted by Gasteiger charge is 2.13. The number of amides is 1. The Bertz CT molecular complexity index is 1040. The molecule has 0 fully saturated rings. The summed E-state index contributed by atoms with van der Waals surface area (Å²) in [6.45, 7) is 0.442. The normalized spacial score (nSPS) is 10.6. The highest BCUT2D eigenvalue weighted by atomic mass is 16.5. The molecule has 6 heteroatoms. The lowest BCUT2D eigenvalue weighted by Crippen LogP contribution is -2.28. The Labute approximate surface area is 157 Å². The fourth-order valence-corrected chi connectivity index (χ4v) is 3.05. The Morgan fingerprint density at radius 3 is 2.52 bits per heavy atom. The average Bonchev–Trinajstić information content (AvgIpc) is 2.70. The molecule has 1 heterocycles. The van der Waals surface area contributed by atoms with Gasteiger partial charge >= 0.3 is 0 Å². The molecule has 0 saturated heterocycles. The molecule has 2 aromatic carbocycles. The van der Waals surface area contributed by atoms with Gasteiger partial charge in [-0.15, -0.1) is 0 Å². The molecule has 1 aromatic heterocycles. The second-order valence-corrected chi connectivity index (χ2v) is 6.17. The van der Waals surface area contributed by atoms with Crippen molar-refractivity contribution < 1.29 is 14.3 Å². The lowest BCUT2D eigenvalue weighted by Gasteiger charge is -2.12. The van der Waals surface area contributed by atoms with Crippen LogP contribution in [0.3, 0.4) is 0 Å². The second kappa shape index (κ2) is 7.95. The number of para-hydroxylation sites is 1. The van der Waals surface area contributed by atoms with E-state index < -0.39 is 0 Å². The maximum absolute atomic E-state index is 12.6. The van der Waals surface area contributed by atoms with Gasteiger partial charge in [-0.1, -0.05) is 24.3 Å². The van der Waals surface area contributed by atoms with Crippen LogP contribution in [0.2, 0.25) is 0 Å². The number of carbonyl (C=O) groups excluding carboxylic acids is 1. The van der Waals surface area contributed by atoms with Gasteiger partial charge in [-0.25, -0.2) is 0 Å². The van der Waals surface area contributed by atoms with Crippen LogP contribution in [0.25, 0.3) is 10.9 Å². The van der Waals surface area contributed by atoms with Crippen molar-refractivity contribution >= 4 is 16.8 Å². The Kier molecular flexibility index (Phi) is 5.45. The first-order valence-corrected chi connectivity index (χ1v) is 8.63. The number of pyridine rings is 1. The highest BCUT2D eigenvalue weighted by Crippen LogP contribution is 2.27. The van der Waals surface area contributed by atoms with Crippen LogP contribution < -0.4 is 20.3 Å². The number of carbonyl (C=O) groups is 1. The summed E-state index contributed by atoms with van der Waals surface area (Å²) in [7, 11) is 4.88. The number of fused-ring (bicyclic) bond motifs is 1. The van der Waals surface area contributed by atoms with Crippen molar-refractivity contribution in [2.45, 2.75) is 6.42 Å². The number of nitrogens with one attached hydrogen (secondary N) is 1. The van der Waals surface area contributed by atoms with Crippen molar-refractivity contribution in [2.24, 2.45) is 7.05 Å². The minimum absolute atomic E-state index is 0.209. The molecular formula is C21H22N2O4. The first-order valence-electron chi connectivity index (χ1n) is 8.63. The summed E-state index contributed by atoms with van der Waals surface area (Å²) in [6, 6.07) is 14.4. The van der Waals surface area contributed by atoms with Crippen LogP contribution in [0.4, 0.5) is 0 Å². The van der Waals surface area contributed by atoms with Crippen LogP contribution in [0.5, 0.6) is 11.5 Å². The highest BCUT2D eigenvalue weighted by molar-refractivity contribution is 6.06. The number of rotatable bonds is 6. The molecular weight excluding hydrogens is 344 g/mol. The summed E-state index contributed by atoms with van der Waals surface area (Å²) in [5, 5.41) is 3.65. The number of aryl methyl sites for hydroxylation is 1. The van der Waals surface area contributed by atoms with E-state index in [0.717, 1.165) is 16.5 Å². The number of nitrogens with zero attached hydrogens (tertiary/aromatic N) is 1. The Morgan fingerprint density at radius 2 is 1.78 bits per heavy atom. The zero-order valence-corrected chi connectivity index (χ0v) is 15.6. The van der Waals surface area contributed by atoms with Gasteiger partial charge in [-0.2, -0.15) is 0 Å². The van der Waals surface area contributed by atoms with Gasteiger partial charge in [0.1, 0.15) is 0 Å². The van der Waals surface area contributed by atoms with E-state index in [2.05, 4.69) is 5.32 Å². The van der Waals surface area contributed by atoms with E-state index in [1.165, 1.54) is 10.6 Å². The van der Waals surface area contributed by atoms with Crippen LogP contribution in [0.1, 0.15) is 15.9 Å². The lowest BCUT2D eigenvalue weighted by molar-refractivity contribution is 0.0955. The molecule has 0 aliphatic heterocycles. The van der Waals surface area contributed by atoms with Crippen molar-refractivity contribution in [3.63, 3.8) is 0 Å². The van der Waals surface area contributed by atoms with Crippen molar-refractivity contribution in [1.82, 2.24) is 9.88 Å². The zero-order chi connectivity index (χ0) is 19.4. The fraction of sp³-hybridized carbons (Fsp3) is 0.238. The minimum atomic E-state index is -0.260. The number of methoxy groups -OCH3 is 2. The number of hydrogen-bond donors (Lipinski definition) is 1. The third kappa shape index (κ3) is 3.79. The summed E-state index contributed by atoms with van der Waals surface area (Å²) in [5.74, 6) is 1.06. The quantitative estimate of drug-likeness (QED) is 0.728. The maximum Gasteiger partial charge on any atom is 0.252 e. The Hall–Kier alpha value is -3.28. The summed E-state index contributed by atoms with van der Waals surface area (Å²) in [6.07, 6.45) is 0.634. The van der Waals surface area contributed by atoms with Crippen LogP contribution in [0.15, 0.2) is 53.3 Å². The first kappa shape index (κ1) is 18.5. The molecule has 6 nitrogen and oxygen atoms in total. The molecule has 1 amide bonds. The van der Waals surface area contributed by atoms with Gasteiger partial charge in [0.25, 0.3) is 11.5 Å². The van der Waals surface area contributed by atoms with Crippen molar-refractivity contribution in [1.29, 1.82) is 0 Å². The largest absolute Gasteiger partial charge is 0.493 e. The standard InChI is InChI=1S/C21H22N2O4/c1-23-17-7-5-4-6-15(17)16(13-20(23)24)21(25)22-11-10-14-8-9-18(26-2)19(12-14)27-3/h4-9,12-13H,10-11H2,1-3H3,(H,22,25). The minimum Gasteiger partial charge on any atom is -0.493 e. The van der Waals surface area contributed by atoms with Crippen molar-refractivity contribution in [2.75, 3.05) is 20.8 Å². The molecule has 0 aliphatic carbocycles. The summed E-state index contributed by atoms with van der Waals surface area (Å²) < 4.78 is 12.1. The molecule has 140 valence electrons. The van der Waals surface area contributed by atoms with Crippen LogP contribution in [0, 0.1) is 0 Å². The molecule has 1 N–H and O–H groups in total. The van der Waals surface area contributed by atoms with Gasteiger partial charge < -0.3 is 19.4 Å². The third-order valence-corrected chi connectivity index (χ3v) is 4.55. The zero-order valence-electron chi connectivity index (χ0n) is 15.6. The van der Waals surface area contributed by atoms with E-state index >= 15 is 0 Å². The Morgan fingerprint density at radius 1 is 1.04 bits per heavy atom. The molecule has 0 radical (unpaired) electrons. The SMILES string of the molecule is COc1ccc(CCNC(=O)c2cc(=O)n(C)c3ccccc23)cc1OC. The van der Waals surface area contributed by atoms with E-state index in [1.807, 2.05) is 42.5 Å². The van der Waals surface area contributed by atoms with Crippen molar-refractivity contribution in [3.8, 4) is 11.5 Å². The molecule has 0 bridgehead atoms. The van der Waals surface area contributed by atoms with Gasteiger partial charge in [0, 0.05) is 25.0 Å². The number of aromatic nitrogens is 1. The summed E-state index contributed by atoms with van der Waals surface area (Å²) in [4.78, 5) is 24.8. The monoisotopic (exact) mass is 366 g/mol. The second-order valence-electron chi connectivity index (χ2n) is 6.17. The van der Waals surface area contributed by atoms with E-state index in [1.54, 1.807) is 21.3 Å². The van der Waals surface area contributed by atoms with Gasteiger partial charge in [-0.05, 0) is 30.2 Å². The number of benzene rings is 2. The Balaban J connectivity index is 1.75. The smallest absolute Gasteiger partial charge is 0.252 e. The summed E-state index contributed by atoms with van der Waals surface area (Å²) >= 11 is 0. The van der Waals surface area contributed by atoms with Crippen molar-refractivity contribution in [3.05, 3.63) is 70.0 Å². The molecule has 0 aliphatic rings. The van der Waals surface area contributed by atoms with E-state index in [4.69, 9.17) is 9.47 Å². The predicted molar refractivity (Wildman–Crippen MR) is 105 cm³/mol. The molecule has 3 aromatic rings. The van der Waals surface area contributed by atoms with Crippen LogP contribution in [-0.4, -0.2) is 31.2 Å². The lowest BCUT2D eigenvalue weighted by atomic mass is 10.1. The maximum atomic E-state index is 12.6. The first-order chi connectivity index (χ1) is 13.0. The van der Waals surface area contributed by atoms with E-state index in [-0.39, 0.29) is 11.5 Å². The summed E-state index contributed by atoms with van der Waals surface area (Å²) in [5.41, 5.74) is 1.93. The van der Waals surface area contributed by atoms with E-state index in [9.17, 15) is 9.59 Å². The molecule has 0 saturated carbocycles. The van der Waals surface area contributed by atoms with Gasteiger partial charge in [0.15, 0.2) is 11.5 Å². The van der Waals surface area contributed by atoms with Gasteiger partial charge in [-0.3, -0.25) is 9.59 Å². The average molecular weight is 366 g/mol. The number of ether oxygens (including phenoxy) is 2. The molecule has 3 rings (SSSR count). The van der Waals surface area contributed by atoms with E-state index in [0.29, 0.717) is 30.0 Å². The number of hydrogen-bond acceptors (Lipinski definition) is 4. The van der Waals surface area contributed by atoms with Crippen LogP contribution >= 0.6 is 0 Å². The van der Waals surface area contributed by atoms with Gasteiger partial charge in [0.05, 0.1) is 25.3 Å². The molecule has 0 unspecified atom stereocenters. The predicted octanol–water partition coefficient (Wildman–Crippen LogP) is 2.53. The molecule has 0 spiro atoms. The fourth-order valence-electron chi connectivity index (χ4n) is 3.05. The topological polar surface area (TPSA) is 69.6 Å². The van der Waals surface area contributed by atoms with Gasteiger partial charge in [0.2, 0.25) is 0 Å². The van der Waals surface area contributed by atoms with Crippen LogP contribution in [-0.2, 0) is 13.5 Å². The molecule has 0 atom stereocenters.